The summed E-state index contributed by atoms with van der Waals surface area (Å²) >= 11 is 0. The molecule has 0 bridgehead atoms. The predicted molar refractivity (Wildman–Crippen MR) is 125 cm³/mol. The van der Waals surface area contributed by atoms with Gasteiger partial charge in [0.15, 0.2) is 0 Å². The molecule has 7 heteroatoms. The number of para-hydroxylation sites is 2. The molecule has 6 nitrogen and oxygen atoms in total. The lowest BCUT2D eigenvalue weighted by Crippen LogP contribution is -2.29. The minimum Gasteiger partial charge on any atom is -0.308 e. The van der Waals surface area contributed by atoms with Crippen molar-refractivity contribution in [2.24, 2.45) is 0 Å². The third-order valence-corrected chi connectivity index (χ3v) is 6.03. The molecule has 0 aliphatic carbocycles. The maximum Gasteiger partial charge on any atom is 0.264 e. The Morgan fingerprint density at radius 2 is 1.70 bits per heavy atom. The predicted octanol–water partition coefficient (Wildman–Crippen LogP) is 5.00. The molecule has 0 saturated heterocycles. The van der Waals surface area contributed by atoms with Crippen LogP contribution in [0.4, 0.5) is 10.3 Å². The zero-order chi connectivity index (χ0) is 22.5. The normalized spacial score (nSPS) is 13.0. The maximum atomic E-state index is 13.8. The molecule has 6 rings (SSSR count). The molecule has 0 N–H and O–H groups in total. The highest BCUT2D eigenvalue weighted by molar-refractivity contribution is 6.10. The van der Waals surface area contributed by atoms with Crippen molar-refractivity contribution in [3.05, 3.63) is 95.9 Å². The number of aryl methyl sites for hydroxylation is 1. The number of amides is 1. The lowest BCUT2D eigenvalue weighted by Gasteiger charge is -2.13. The zero-order valence-corrected chi connectivity index (χ0v) is 17.9. The Balaban J connectivity index is 1.47. The molecule has 162 valence electrons. The van der Waals surface area contributed by atoms with Crippen LogP contribution in [0.15, 0.2) is 79.0 Å². The number of carbonyl (C=O) groups is 1. The molecule has 0 spiro atoms. The van der Waals surface area contributed by atoms with E-state index in [1.165, 1.54) is 12.1 Å². The number of hydrogen-bond acceptors (Lipinski definition) is 3. The highest BCUT2D eigenvalue weighted by atomic mass is 19.1. The molecule has 33 heavy (non-hydrogen) atoms. The summed E-state index contributed by atoms with van der Waals surface area (Å²) in [6.45, 7) is 3.25. The highest BCUT2D eigenvalue weighted by Crippen LogP contribution is 2.31. The van der Waals surface area contributed by atoms with Gasteiger partial charge in [0.25, 0.3) is 5.91 Å². The molecular formula is C26H20FN5O. The van der Waals surface area contributed by atoms with Gasteiger partial charge in [-0.15, -0.1) is 0 Å². The van der Waals surface area contributed by atoms with Crippen molar-refractivity contribution in [2.45, 2.75) is 13.5 Å². The maximum absolute atomic E-state index is 13.8. The number of hydrogen-bond donors (Lipinski definition) is 0. The van der Waals surface area contributed by atoms with Gasteiger partial charge < -0.3 is 4.57 Å². The number of aromatic nitrogens is 4. The Labute approximate surface area is 189 Å². The Hall–Kier alpha value is -4.26. The van der Waals surface area contributed by atoms with E-state index in [-0.39, 0.29) is 11.7 Å². The molecule has 0 radical (unpaired) electrons. The van der Waals surface area contributed by atoms with Crippen molar-refractivity contribution in [2.75, 3.05) is 11.4 Å². The van der Waals surface area contributed by atoms with Crippen LogP contribution >= 0.6 is 0 Å². The van der Waals surface area contributed by atoms with Crippen molar-refractivity contribution in [3.8, 4) is 16.9 Å². The van der Waals surface area contributed by atoms with E-state index in [0.717, 1.165) is 22.2 Å². The van der Waals surface area contributed by atoms with Crippen LogP contribution in [0.5, 0.6) is 0 Å². The third-order valence-electron chi connectivity index (χ3n) is 6.03. The number of halogens is 1. The van der Waals surface area contributed by atoms with E-state index in [1.807, 2.05) is 55.5 Å². The van der Waals surface area contributed by atoms with Gasteiger partial charge in [0.1, 0.15) is 11.5 Å². The van der Waals surface area contributed by atoms with Crippen molar-refractivity contribution < 1.29 is 9.18 Å². The second-order valence-electron chi connectivity index (χ2n) is 8.19. The van der Waals surface area contributed by atoms with Crippen LogP contribution in [-0.2, 0) is 6.54 Å². The molecule has 1 amide bonds. The fraction of sp³-hybridized carbons (Fsp3) is 0.115. The molecule has 0 saturated carbocycles. The van der Waals surface area contributed by atoms with Gasteiger partial charge in [0.05, 0.1) is 22.3 Å². The molecule has 2 aromatic heterocycles. The van der Waals surface area contributed by atoms with Crippen LogP contribution in [0, 0.1) is 12.7 Å². The first-order valence-corrected chi connectivity index (χ1v) is 10.8. The molecule has 0 fully saturated rings. The van der Waals surface area contributed by atoms with E-state index < -0.39 is 0 Å². The number of benzene rings is 3. The minimum absolute atomic E-state index is 0.159. The van der Waals surface area contributed by atoms with Gasteiger partial charge in [-0.05, 0) is 43.3 Å². The number of nitrogens with zero attached hydrogens (tertiary/aromatic N) is 5. The second kappa shape index (κ2) is 7.41. The summed E-state index contributed by atoms with van der Waals surface area (Å²) in [5.74, 6) is 0.163. The quantitative estimate of drug-likeness (QED) is 0.399. The summed E-state index contributed by atoms with van der Waals surface area (Å²) in [5, 5.41) is 4.72. The molecule has 5 aromatic rings. The van der Waals surface area contributed by atoms with Crippen molar-refractivity contribution >= 4 is 22.9 Å². The van der Waals surface area contributed by atoms with E-state index in [9.17, 15) is 9.18 Å². The molecule has 1 aliphatic heterocycles. The van der Waals surface area contributed by atoms with E-state index in [1.54, 1.807) is 27.9 Å². The van der Waals surface area contributed by atoms with Crippen LogP contribution in [0.3, 0.4) is 0 Å². The van der Waals surface area contributed by atoms with E-state index in [2.05, 4.69) is 4.57 Å². The summed E-state index contributed by atoms with van der Waals surface area (Å²) in [7, 11) is 0. The summed E-state index contributed by atoms with van der Waals surface area (Å²) in [6.07, 6.45) is 1.72. The number of rotatable bonds is 3. The summed E-state index contributed by atoms with van der Waals surface area (Å²) < 4.78 is 17.1. The van der Waals surface area contributed by atoms with Gasteiger partial charge in [-0.25, -0.2) is 14.1 Å². The Morgan fingerprint density at radius 1 is 0.939 bits per heavy atom. The molecule has 0 unspecified atom stereocenters. The van der Waals surface area contributed by atoms with Crippen LogP contribution in [0.1, 0.15) is 15.9 Å². The lowest BCUT2D eigenvalue weighted by atomic mass is 10.1. The number of carbonyl (C=O) groups excluding carboxylic acids is 1. The molecule has 3 aromatic carbocycles. The van der Waals surface area contributed by atoms with E-state index in [4.69, 9.17) is 10.1 Å². The molecular weight excluding hydrogens is 417 g/mol. The van der Waals surface area contributed by atoms with Gasteiger partial charge in [-0.3, -0.25) is 9.69 Å². The molecule has 0 atom stereocenters. The monoisotopic (exact) mass is 437 g/mol. The number of fused-ring (bicyclic) bond motifs is 3. The largest absolute Gasteiger partial charge is 0.308 e. The van der Waals surface area contributed by atoms with Crippen molar-refractivity contribution in [1.29, 1.82) is 0 Å². The lowest BCUT2D eigenvalue weighted by molar-refractivity contribution is 0.0989. The van der Waals surface area contributed by atoms with Crippen molar-refractivity contribution in [3.63, 3.8) is 0 Å². The van der Waals surface area contributed by atoms with Gasteiger partial charge >= 0.3 is 0 Å². The van der Waals surface area contributed by atoms with Crippen LogP contribution in [0.2, 0.25) is 0 Å². The summed E-state index contributed by atoms with van der Waals surface area (Å²) in [6, 6.07) is 21.9. The third kappa shape index (κ3) is 3.20. The SMILES string of the molecule is Cc1ccc(-c2nn(-c3ccc(F)cc3)cc2C(=O)N2CCn3c2nc2ccccc23)cc1. The zero-order valence-electron chi connectivity index (χ0n) is 17.9. The Bertz CT molecular complexity index is 1500. The first-order valence-electron chi connectivity index (χ1n) is 10.8. The van der Waals surface area contributed by atoms with Gasteiger partial charge in [-0.1, -0.05) is 42.0 Å². The Morgan fingerprint density at radius 3 is 2.48 bits per heavy atom. The van der Waals surface area contributed by atoms with Crippen molar-refractivity contribution in [1.82, 2.24) is 19.3 Å². The van der Waals surface area contributed by atoms with E-state index >= 15 is 0 Å². The first kappa shape index (κ1) is 19.4. The fourth-order valence-corrected chi connectivity index (χ4v) is 4.31. The van der Waals surface area contributed by atoms with Gasteiger partial charge in [0.2, 0.25) is 5.95 Å². The average Bonchev–Trinajstić information content (AvgIpc) is 3.53. The topological polar surface area (TPSA) is 56.0 Å². The van der Waals surface area contributed by atoms with Crippen LogP contribution in [0.25, 0.3) is 28.0 Å². The van der Waals surface area contributed by atoms with Crippen LogP contribution in [-0.4, -0.2) is 31.8 Å². The smallest absolute Gasteiger partial charge is 0.264 e. The first-order chi connectivity index (χ1) is 16.1. The molecule has 3 heterocycles. The molecule has 1 aliphatic rings. The average molecular weight is 437 g/mol. The standard InChI is InChI=1S/C26H20FN5O/c1-17-6-8-18(9-7-17)24-21(16-32(29-24)20-12-10-19(27)11-13-20)25(33)31-15-14-30-23-5-3-2-4-22(23)28-26(30)31/h2-13,16H,14-15H2,1H3. The van der Waals surface area contributed by atoms with Crippen LogP contribution < -0.4 is 4.90 Å². The highest BCUT2D eigenvalue weighted by Gasteiger charge is 2.32. The number of anilines is 1. The van der Waals surface area contributed by atoms with E-state index in [0.29, 0.717) is 36.0 Å². The van der Waals surface area contributed by atoms with Gasteiger partial charge in [-0.2, -0.15) is 5.10 Å². The fourth-order valence-electron chi connectivity index (χ4n) is 4.31. The summed E-state index contributed by atoms with van der Waals surface area (Å²) in [5.41, 5.74) is 5.59. The minimum atomic E-state index is -0.322. The summed E-state index contributed by atoms with van der Waals surface area (Å²) in [4.78, 5) is 20.2. The Kier molecular flexibility index (Phi) is 4.36. The number of imidazole rings is 1. The van der Waals surface area contributed by atoms with Gasteiger partial charge in [0, 0.05) is 24.8 Å². The second-order valence-corrected chi connectivity index (χ2v) is 8.19.